The van der Waals surface area contributed by atoms with Crippen LogP contribution in [-0.2, 0) is 4.74 Å². The third-order valence-electron chi connectivity index (χ3n) is 5.05. The molecule has 2 aliphatic heterocycles. The average molecular weight is 224 g/mol. The molecular weight excluding hydrogens is 200 g/mol. The highest BCUT2D eigenvalue weighted by atomic mass is 16.6. The van der Waals surface area contributed by atoms with Crippen molar-refractivity contribution in [2.45, 2.75) is 76.1 Å². The maximum absolute atomic E-state index is 10.6. The molecule has 1 aliphatic carbocycles. The van der Waals surface area contributed by atoms with Crippen LogP contribution in [0.2, 0.25) is 0 Å². The van der Waals surface area contributed by atoms with Gasteiger partial charge in [0.05, 0.1) is 5.60 Å². The van der Waals surface area contributed by atoms with Gasteiger partial charge in [0.25, 0.3) is 0 Å². The minimum atomic E-state index is -0.788. The molecular formula is C14H24O2. The van der Waals surface area contributed by atoms with E-state index < -0.39 is 5.79 Å². The Morgan fingerprint density at radius 3 is 2.44 bits per heavy atom. The minimum Gasteiger partial charge on any atom is -0.365 e. The Kier molecular flexibility index (Phi) is 2.56. The van der Waals surface area contributed by atoms with Gasteiger partial charge >= 0.3 is 0 Å². The summed E-state index contributed by atoms with van der Waals surface area (Å²) >= 11 is 0. The van der Waals surface area contributed by atoms with Crippen LogP contribution in [0.25, 0.3) is 0 Å². The van der Waals surface area contributed by atoms with Crippen molar-refractivity contribution in [3.63, 3.8) is 0 Å². The van der Waals surface area contributed by atoms with Gasteiger partial charge in [0.2, 0.25) is 0 Å². The molecule has 3 rings (SSSR count). The van der Waals surface area contributed by atoms with Crippen LogP contribution >= 0.6 is 0 Å². The van der Waals surface area contributed by atoms with Crippen molar-refractivity contribution < 1.29 is 9.84 Å². The molecule has 0 aromatic rings. The topological polar surface area (TPSA) is 29.5 Å². The highest BCUT2D eigenvalue weighted by molar-refractivity contribution is 4.95. The molecule has 1 N–H and O–H groups in total. The number of aliphatic hydroxyl groups is 1. The van der Waals surface area contributed by atoms with Crippen molar-refractivity contribution in [2.24, 2.45) is 11.8 Å². The lowest BCUT2D eigenvalue weighted by atomic mass is 9.73. The van der Waals surface area contributed by atoms with Crippen LogP contribution in [0.5, 0.6) is 0 Å². The lowest BCUT2D eigenvalue weighted by molar-refractivity contribution is -0.286. The Bertz CT molecular complexity index is 252. The fraction of sp³-hybridized carbons (Fsp3) is 1.00. The van der Waals surface area contributed by atoms with Gasteiger partial charge in [0.15, 0.2) is 5.79 Å². The van der Waals surface area contributed by atoms with E-state index in [1.807, 2.05) is 0 Å². The third-order valence-corrected chi connectivity index (χ3v) is 5.05. The van der Waals surface area contributed by atoms with Crippen LogP contribution in [0.4, 0.5) is 0 Å². The first-order valence-electron chi connectivity index (χ1n) is 7.01. The zero-order valence-electron chi connectivity index (χ0n) is 10.4. The van der Waals surface area contributed by atoms with Crippen LogP contribution < -0.4 is 0 Å². The van der Waals surface area contributed by atoms with Gasteiger partial charge in [0.1, 0.15) is 0 Å². The van der Waals surface area contributed by atoms with E-state index in [1.54, 1.807) is 0 Å². The summed E-state index contributed by atoms with van der Waals surface area (Å²) in [6.07, 6.45) is 10.6. The van der Waals surface area contributed by atoms with Gasteiger partial charge in [-0.1, -0.05) is 19.3 Å². The van der Waals surface area contributed by atoms with E-state index in [2.05, 4.69) is 6.92 Å². The summed E-state index contributed by atoms with van der Waals surface area (Å²) in [5.41, 5.74) is -0.0379. The largest absolute Gasteiger partial charge is 0.365 e. The van der Waals surface area contributed by atoms with Gasteiger partial charge in [-0.15, -0.1) is 0 Å². The van der Waals surface area contributed by atoms with Gasteiger partial charge in [-0.2, -0.15) is 0 Å². The molecule has 0 aromatic carbocycles. The smallest absolute Gasteiger partial charge is 0.166 e. The molecule has 2 heterocycles. The van der Waals surface area contributed by atoms with Crippen LogP contribution in [0.15, 0.2) is 0 Å². The minimum absolute atomic E-state index is 0.0379. The molecule has 0 radical (unpaired) electrons. The van der Waals surface area contributed by atoms with E-state index >= 15 is 0 Å². The quantitative estimate of drug-likeness (QED) is 0.684. The summed E-state index contributed by atoms with van der Waals surface area (Å²) in [7, 11) is 0. The summed E-state index contributed by atoms with van der Waals surface area (Å²) in [6.45, 7) is 2.22. The fourth-order valence-electron chi connectivity index (χ4n) is 4.37. The van der Waals surface area contributed by atoms with E-state index in [4.69, 9.17) is 4.74 Å². The Morgan fingerprint density at radius 2 is 1.69 bits per heavy atom. The maximum Gasteiger partial charge on any atom is 0.166 e. The van der Waals surface area contributed by atoms with Crippen molar-refractivity contribution in [2.75, 3.05) is 0 Å². The summed E-state index contributed by atoms with van der Waals surface area (Å²) in [5.74, 6) is 0.744. The summed E-state index contributed by atoms with van der Waals surface area (Å²) in [4.78, 5) is 0. The second-order valence-electron chi connectivity index (χ2n) is 6.56. The second-order valence-corrected chi connectivity index (χ2v) is 6.56. The molecule has 2 heteroatoms. The standard InChI is InChI=1S/C14H24O2/c1-13-7-4-8-14(15,16-13)10-12-6-3-2-5-11(12)9-13/h11-12,15H,2-10H2,1H3/t11?,12?,13-,14+/m1/s1. The van der Waals surface area contributed by atoms with Gasteiger partial charge in [-0.25, -0.2) is 0 Å². The molecule has 2 nitrogen and oxygen atoms in total. The first-order chi connectivity index (χ1) is 7.59. The van der Waals surface area contributed by atoms with Crippen LogP contribution in [0.3, 0.4) is 0 Å². The van der Waals surface area contributed by atoms with E-state index in [0.29, 0.717) is 0 Å². The lowest BCUT2D eigenvalue weighted by Gasteiger charge is -2.42. The van der Waals surface area contributed by atoms with Gasteiger partial charge in [-0.3, -0.25) is 0 Å². The molecule has 92 valence electrons. The zero-order valence-corrected chi connectivity index (χ0v) is 10.4. The van der Waals surface area contributed by atoms with Crippen LogP contribution in [0, 0.1) is 11.8 Å². The molecule has 4 atom stereocenters. The molecule has 1 saturated carbocycles. The molecule has 2 bridgehead atoms. The van der Waals surface area contributed by atoms with Crippen molar-refractivity contribution in [3.8, 4) is 0 Å². The Balaban J connectivity index is 1.87. The number of hydrogen-bond acceptors (Lipinski definition) is 2. The number of hydrogen-bond donors (Lipinski definition) is 1. The summed E-state index contributed by atoms with van der Waals surface area (Å²) < 4.78 is 6.07. The van der Waals surface area contributed by atoms with Crippen LogP contribution in [0.1, 0.15) is 64.7 Å². The highest BCUT2D eigenvalue weighted by Gasteiger charge is 2.49. The molecule has 3 aliphatic rings. The van der Waals surface area contributed by atoms with Gasteiger partial charge < -0.3 is 9.84 Å². The predicted octanol–water partition coefficient (Wildman–Crippen LogP) is 3.23. The highest BCUT2D eigenvalue weighted by Crippen LogP contribution is 2.50. The third kappa shape index (κ3) is 1.91. The number of fused-ring (bicyclic) bond motifs is 3. The Morgan fingerprint density at radius 1 is 1.00 bits per heavy atom. The summed E-state index contributed by atoms with van der Waals surface area (Å²) in [5, 5.41) is 10.6. The Labute approximate surface area is 98.4 Å². The van der Waals surface area contributed by atoms with E-state index in [9.17, 15) is 5.11 Å². The maximum atomic E-state index is 10.6. The van der Waals surface area contributed by atoms with Crippen LogP contribution in [-0.4, -0.2) is 16.5 Å². The molecule has 16 heavy (non-hydrogen) atoms. The van der Waals surface area contributed by atoms with E-state index in [-0.39, 0.29) is 5.60 Å². The summed E-state index contributed by atoms with van der Waals surface area (Å²) in [6, 6.07) is 0. The molecule has 2 unspecified atom stereocenters. The molecule has 2 saturated heterocycles. The molecule has 0 spiro atoms. The fourth-order valence-corrected chi connectivity index (χ4v) is 4.37. The van der Waals surface area contributed by atoms with E-state index in [0.717, 1.165) is 37.5 Å². The Hall–Kier alpha value is -0.0800. The SMILES string of the molecule is C[C@@]12CCC[C@@](O)(CC3CCCCC3C1)O2. The molecule has 0 amide bonds. The predicted molar refractivity (Wildman–Crippen MR) is 63.0 cm³/mol. The van der Waals surface area contributed by atoms with Crippen molar-refractivity contribution in [1.29, 1.82) is 0 Å². The first kappa shape index (κ1) is 11.0. The first-order valence-corrected chi connectivity index (χ1v) is 7.01. The van der Waals surface area contributed by atoms with Crippen molar-refractivity contribution in [3.05, 3.63) is 0 Å². The monoisotopic (exact) mass is 224 g/mol. The average Bonchev–Trinajstić information content (AvgIpc) is 2.26. The van der Waals surface area contributed by atoms with Crippen molar-refractivity contribution in [1.82, 2.24) is 0 Å². The molecule has 0 aromatic heterocycles. The van der Waals surface area contributed by atoms with E-state index in [1.165, 1.54) is 32.1 Å². The van der Waals surface area contributed by atoms with Gasteiger partial charge in [0, 0.05) is 12.8 Å². The van der Waals surface area contributed by atoms with Crippen molar-refractivity contribution >= 4 is 0 Å². The number of rotatable bonds is 0. The normalized spacial score (nSPS) is 52.9. The zero-order chi connectivity index (χ0) is 11.2. The number of ether oxygens (including phenoxy) is 1. The van der Waals surface area contributed by atoms with Gasteiger partial charge in [-0.05, 0) is 44.4 Å². The molecule has 3 fully saturated rings. The second kappa shape index (κ2) is 3.71. The lowest BCUT2D eigenvalue weighted by Crippen LogP contribution is -2.45.